The number of amides is 1. The van der Waals surface area contributed by atoms with Crippen LogP contribution >= 0.6 is 23.4 Å². The minimum Gasteiger partial charge on any atom is -0.497 e. The van der Waals surface area contributed by atoms with E-state index < -0.39 is 17.7 Å². The summed E-state index contributed by atoms with van der Waals surface area (Å²) in [5.74, 6) is -0.173. The third-order valence-electron chi connectivity index (χ3n) is 4.15. The highest BCUT2D eigenvalue weighted by Gasteiger charge is 2.31. The van der Waals surface area contributed by atoms with Crippen LogP contribution in [0.4, 0.5) is 11.4 Å². The predicted octanol–water partition coefficient (Wildman–Crippen LogP) is 4.60. The zero-order valence-electron chi connectivity index (χ0n) is 17.5. The first-order valence-electron chi connectivity index (χ1n) is 8.82. The molecule has 2 rings (SSSR count). The summed E-state index contributed by atoms with van der Waals surface area (Å²) in [4.78, 5) is 25.1. The van der Waals surface area contributed by atoms with Gasteiger partial charge >= 0.3 is 0 Å². The summed E-state index contributed by atoms with van der Waals surface area (Å²) in [5.41, 5.74) is 0.328. The summed E-state index contributed by atoms with van der Waals surface area (Å²) in [6, 6.07) is 6.23. The van der Waals surface area contributed by atoms with Crippen LogP contribution < -0.4 is 23.4 Å². The zero-order chi connectivity index (χ0) is 23.1. The number of rotatable bonds is 9. The van der Waals surface area contributed by atoms with Crippen LogP contribution in [-0.4, -0.2) is 46.2 Å². The molecule has 1 unspecified atom stereocenters. The van der Waals surface area contributed by atoms with Crippen LogP contribution in [0.5, 0.6) is 23.0 Å². The van der Waals surface area contributed by atoms with E-state index in [1.165, 1.54) is 41.4 Å². The Kier molecular flexibility index (Phi) is 8.47. The molecule has 0 aliphatic rings. The fourth-order valence-corrected chi connectivity index (χ4v) is 3.04. The lowest BCUT2D eigenvalue weighted by Crippen LogP contribution is -2.36. The Hall–Kier alpha value is -3.04. The number of methoxy groups -OCH3 is 4. The molecule has 166 valence electrons. The van der Waals surface area contributed by atoms with Crippen molar-refractivity contribution in [1.82, 2.24) is 0 Å². The molecule has 0 fully saturated rings. The molecule has 9 nitrogen and oxygen atoms in total. The van der Waals surface area contributed by atoms with E-state index in [4.69, 9.17) is 42.3 Å². The molecule has 0 aromatic heterocycles. The van der Waals surface area contributed by atoms with Gasteiger partial charge in [-0.3, -0.25) is 9.59 Å². The molecule has 31 heavy (non-hydrogen) atoms. The van der Waals surface area contributed by atoms with Gasteiger partial charge in [0.15, 0.2) is 17.2 Å². The van der Waals surface area contributed by atoms with E-state index in [0.29, 0.717) is 11.5 Å². The van der Waals surface area contributed by atoms with Crippen molar-refractivity contribution < 1.29 is 28.5 Å². The Bertz CT molecular complexity index is 999. The van der Waals surface area contributed by atoms with Gasteiger partial charge in [-0.25, -0.2) is 4.42 Å². The molecule has 11 heteroatoms. The van der Waals surface area contributed by atoms with Crippen molar-refractivity contribution in [3.63, 3.8) is 0 Å². The maximum Gasteiger partial charge on any atom is 0.276 e. The number of carbonyl (C=O) groups excluding carboxylic acids is 2. The van der Waals surface area contributed by atoms with Crippen molar-refractivity contribution in [1.29, 1.82) is 0 Å². The van der Waals surface area contributed by atoms with Crippen molar-refractivity contribution >= 4 is 46.4 Å². The van der Waals surface area contributed by atoms with Crippen LogP contribution in [0.3, 0.4) is 0 Å². The number of nitrogens with zero attached hydrogens (tertiary/aromatic N) is 3. The van der Waals surface area contributed by atoms with Crippen molar-refractivity contribution in [2.75, 3.05) is 32.9 Å². The number of halogens is 2. The first-order chi connectivity index (χ1) is 14.8. The van der Waals surface area contributed by atoms with E-state index in [-0.39, 0.29) is 27.9 Å². The summed E-state index contributed by atoms with van der Waals surface area (Å²) in [6.45, 7) is 1.20. The molecular weight excluding hydrogens is 449 g/mol. The van der Waals surface area contributed by atoms with Crippen molar-refractivity contribution in [3.05, 3.63) is 35.4 Å². The fraction of sp³-hybridized carbons (Fsp3) is 0.300. The molecule has 2 aromatic carbocycles. The minimum absolute atomic E-state index is 0.125. The average molecular weight is 470 g/mol. The number of carbonyl (C=O) groups is 2. The summed E-state index contributed by atoms with van der Waals surface area (Å²) in [6.07, 6.45) is 0. The zero-order valence-corrected chi connectivity index (χ0v) is 19.0. The first-order valence-corrected chi connectivity index (χ1v) is 9.54. The van der Waals surface area contributed by atoms with E-state index >= 15 is 0 Å². The second-order valence-electron chi connectivity index (χ2n) is 6.02. The topological polar surface area (TPSA) is 99.0 Å². The maximum atomic E-state index is 12.9. The van der Waals surface area contributed by atoms with E-state index in [1.54, 1.807) is 24.3 Å². The molecule has 0 heterocycles. The van der Waals surface area contributed by atoms with Crippen LogP contribution in [0.1, 0.15) is 6.92 Å². The van der Waals surface area contributed by atoms with Crippen molar-refractivity contribution in [2.45, 2.75) is 13.0 Å². The molecule has 0 spiro atoms. The molecule has 0 saturated heterocycles. The number of anilines is 1. The summed E-state index contributed by atoms with van der Waals surface area (Å²) in [7, 11) is 5.71. The van der Waals surface area contributed by atoms with Gasteiger partial charge in [0.25, 0.3) is 5.91 Å². The molecule has 0 bridgehead atoms. The van der Waals surface area contributed by atoms with Crippen LogP contribution in [0.15, 0.2) is 40.6 Å². The third-order valence-corrected chi connectivity index (χ3v) is 4.80. The number of azo groups is 1. The Labute approximate surface area is 189 Å². The molecular formula is C20H21Cl2N3O6. The van der Waals surface area contributed by atoms with Crippen LogP contribution in [0.25, 0.3) is 0 Å². The van der Waals surface area contributed by atoms with E-state index in [2.05, 4.69) is 10.2 Å². The maximum absolute atomic E-state index is 12.9. The minimum atomic E-state index is -1.53. The highest BCUT2D eigenvalue weighted by Crippen LogP contribution is 2.43. The fourth-order valence-electron chi connectivity index (χ4n) is 2.58. The molecule has 0 radical (unpaired) electrons. The van der Waals surface area contributed by atoms with Crippen molar-refractivity contribution in [2.24, 2.45) is 10.2 Å². The lowest BCUT2D eigenvalue weighted by Gasteiger charge is -2.19. The molecule has 1 atom stereocenters. The molecule has 0 saturated carbocycles. The number of Topliss-reactive ketones (excluding diaryl/α,β-unsaturated/α-hetero) is 1. The third kappa shape index (κ3) is 5.36. The molecule has 0 aliphatic carbocycles. The highest BCUT2D eigenvalue weighted by atomic mass is 35.5. The molecule has 1 amide bonds. The van der Waals surface area contributed by atoms with Gasteiger partial charge in [0.1, 0.15) is 22.9 Å². The lowest BCUT2D eigenvalue weighted by molar-refractivity contribution is -0.126. The van der Waals surface area contributed by atoms with Gasteiger partial charge in [-0.2, -0.15) is 5.11 Å². The predicted molar refractivity (Wildman–Crippen MR) is 116 cm³/mol. The van der Waals surface area contributed by atoms with Gasteiger partial charge in [0, 0.05) is 17.8 Å². The van der Waals surface area contributed by atoms with E-state index in [1.807, 2.05) is 0 Å². The number of hydrogen-bond acceptors (Lipinski definition) is 8. The number of ether oxygens (including phenoxy) is 4. The van der Waals surface area contributed by atoms with Gasteiger partial charge in [0.05, 0.1) is 33.5 Å². The smallest absolute Gasteiger partial charge is 0.276 e. The lowest BCUT2D eigenvalue weighted by atomic mass is 10.2. The number of ketones is 1. The SMILES string of the molecule is COc1ccc(N(Cl)C(=O)C(N=Nc2c(OC)ccc(Cl)c2OC)C(C)=O)c(OC)c1. The quantitative estimate of drug-likeness (QED) is 0.302. The largest absolute Gasteiger partial charge is 0.497 e. The highest BCUT2D eigenvalue weighted by molar-refractivity contribution is 6.39. The van der Waals surface area contributed by atoms with Crippen LogP contribution in [0.2, 0.25) is 5.02 Å². The Morgan fingerprint density at radius 1 is 0.968 bits per heavy atom. The average Bonchev–Trinajstić information content (AvgIpc) is 2.77. The number of hydrogen-bond donors (Lipinski definition) is 0. The second kappa shape index (κ2) is 10.8. The summed E-state index contributed by atoms with van der Waals surface area (Å²) < 4.78 is 21.6. The van der Waals surface area contributed by atoms with Crippen molar-refractivity contribution in [3.8, 4) is 23.0 Å². The molecule has 0 N–H and O–H groups in total. The Balaban J connectivity index is 2.43. The van der Waals surface area contributed by atoms with Gasteiger partial charge < -0.3 is 18.9 Å². The normalized spacial score (nSPS) is 11.7. The van der Waals surface area contributed by atoms with Crippen LogP contribution in [-0.2, 0) is 9.59 Å². The number of benzene rings is 2. The second-order valence-corrected chi connectivity index (χ2v) is 6.76. The molecule has 2 aromatic rings. The van der Waals surface area contributed by atoms with Crippen LogP contribution in [0, 0.1) is 0 Å². The van der Waals surface area contributed by atoms with Gasteiger partial charge in [-0.1, -0.05) is 11.6 Å². The standard InChI is InChI=1S/C20H21Cl2N3O6/c1-11(26)17(23-24-18-15(29-3)9-7-13(21)19(18)31-5)20(27)25(22)14-8-6-12(28-2)10-16(14)30-4/h6-10,17H,1-5H3. The van der Waals surface area contributed by atoms with Gasteiger partial charge in [-0.15, -0.1) is 5.11 Å². The first kappa shape index (κ1) is 24.2. The Morgan fingerprint density at radius 3 is 2.19 bits per heavy atom. The van der Waals surface area contributed by atoms with E-state index in [0.717, 1.165) is 4.42 Å². The van der Waals surface area contributed by atoms with Gasteiger partial charge in [-0.05, 0) is 31.2 Å². The summed E-state index contributed by atoms with van der Waals surface area (Å²) in [5, 5.41) is 8.17. The Morgan fingerprint density at radius 2 is 1.65 bits per heavy atom. The van der Waals surface area contributed by atoms with Gasteiger partial charge in [0.2, 0.25) is 6.04 Å². The molecule has 0 aliphatic heterocycles. The van der Waals surface area contributed by atoms with E-state index in [9.17, 15) is 9.59 Å². The monoisotopic (exact) mass is 469 g/mol. The summed E-state index contributed by atoms with van der Waals surface area (Å²) >= 11 is 12.4.